The van der Waals surface area contributed by atoms with Gasteiger partial charge in [-0.3, -0.25) is 4.79 Å². The third kappa shape index (κ3) is 4.68. The standard InChI is InChI=1S/C17H23FN2O3/c1-10(19-16(22)23-17(2,3)4)15(21)20-14-8-5-11-9-12(18)6-7-13(11)14/h6-7,9-10,14H,5,8H2,1-4H3,(H,19,22)(H,20,21)/t10-,14-/m1/s1. The number of amides is 2. The highest BCUT2D eigenvalue weighted by atomic mass is 19.1. The van der Waals surface area contributed by atoms with Gasteiger partial charge in [-0.1, -0.05) is 6.07 Å². The number of alkyl carbamates (subject to hydrolysis) is 1. The maximum Gasteiger partial charge on any atom is 0.408 e. The van der Waals surface area contributed by atoms with Gasteiger partial charge in [-0.05, 0) is 63.8 Å². The molecule has 0 radical (unpaired) electrons. The number of nitrogens with one attached hydrogen (secondary N) is 2. The second-order valence-corrected chi connectivity index (χ2v) is 6.81. The topological polar surface area (TPSA) is 67.4 Å². The largest absolute Gasteiger partial charge is 0.444 e. The van der Waals surface area contributed by atoms with Gasteiger partial charge in [-0.15, -0.1) is 0 Å². The van der Waals surface area contributed by atoms with Crippen molar-refractivity contribution in [3.8, 4) is 0 Å². The predicted octanol–water partition coefficient (Wildman–Crippen LogP) is 2.84. The van der Waals surface area contributed by atoms with E-state index in [0.717, 1.165) is 24.0 Å². The lowest BCUT2D eigenvalue weighted by Gasteiger charge is -2.22. The van der Waals surface area contributed by atoms with E-state index < -0.39 is 17.7 Å². The number of fused-ring (bicyclic) bond motifs is 1. The van der Waals surface area contributed by atoms with E-state index in [9.17, 15) is 14.0 Å². The molecule has 0 unspecified atom stereocenters. The molecule has 1 aliphatic carbocycles. The molecule has 1 aromatic carbocycles. The van der Waals surface area contributed by atoms with Crippen LogP contribution >= 0.6 is 0 Å². The molecule has 0 aromatic heterocycles. The quantitative estimate of drug-likeness (QED) is 0.899. The van der Waals surface area contributed by atoms with Gasteiger partial charge in [0.15, 0.2) is 0 Å². The molecule has 0 saturated carbocycles. The molecule has 2 atom stereocenters. The molecular formula is C17H23FN2O3. The lowest BCUT2D eigenvalue weighted by Crippen LogP contribution is -2.47. The first kappa shape index (κ1) is 17.2. The van der Waals surface area contributed by atoms with Crippen LogP contribution in [0, 0.1) is 5.82 Å². The van der Waals surface area contributed by atoms with E-state index in [1.807, 2.05) is 0 Å². The molecule has 0 heterocycles. The van der Waals surface area contributed by atoms with Gasteiger partial charge in [0.2, 0.25) is 5.91 Å². The lowest BCUT2D eigenvalue weighted by atomic mass is 10.1. The monoisotopic (exact) mass is 322 g/mol. The summed E-state index contributed by atoms with van der Waals surface area (Å²) in [6.07, 6.45) is 0.823. The molecule has 2 amide bonds. The van der Waals surface area contributed by atoms with Gasteiger partial charge >= 0.3 is 6.09 Å². The lowest BCUT2D eigenvalue weighted by molar-refractivity contribution is -0.123. The zero-order valence-electron chi connectivity index (χ0n) is 13.9. The Balaban J connectivity index is 1.92. The molecule has 0 bridgehead atoms. The number of halogens is 1. The minimum atomic E-state index is -0.714. The summed E-state index contributed by atoms with van der Waals surface area (Å²) < 4.78 is 18.3. The van der Waals surface area contributed by atoms with E-state index in [1.165, 1.54) is 12.1 Å². The Kier molecular flexibility index (Phi) is 4.92. The van der Waals surface area contributed by atoms with Crippen molar-refractivity contribution in [2.75, 3.05) is 0 Å². The maximum atomic E-state index is 13.2. The number of aryl methyl sites for hydroxylation is 1. The number of hydrogen-bond acceptors (Lipinski definition) is 3. The zero-order valence-corrected chi connectivity index (χ0v) is 13.9. The van der Waals surface area contributed by atoms with Gasteiger partial charge in [-0.2, -0.15) is 0 Å². The number of benzene rings is 1. The Bertz CT molecular complexity index is 610. The first-order valence-corrected chi connectivity index (χ1v) is 7.74. The van der Waals surface area contributed by atoms with Gasteiger partial charge < -0.3 is 15.4 Å². The Labute approximate surface area is 135 Å². The van der Waals surface area contributed by atoms with Crippen molar-refractivity contribution in [1.82, 2.24) is 10.6 Å². The van der Waals surface area contributed by atoms with Crippen molar-refractivity contribution in [1.29, 1.82) is 0 Å². The first-order valence-electron chi connectivity index (χ1n) is 7.74. The fourth-order valence-electron chi connectivity index (χ4n) is 2.58. The minimum absolute atomic E-state index is 0.152. The van der Waals surface area contributed by atoms with E-state index in [-0.39, 0.29) is 17.8 Å². The van der Waals surface area contributed by atoms with Crippen LogP contribution in [0.4, 0.5) is 9.18 Å². The second-order valence-electron chi connectivity index (χ2n) is 6.81. The van der Waals surface area contributed by atoms with Crippen LogP contribution in [0.25, 0.3) is 0 Å². The van der Waals surface area contributed by atoms with E-state index in [0.29, 0.717) is 0 Å². The third-order valence-corrected chi connectivity index (χ3v) is 3.63. The molecule has 0 spiro atoms. The minimum Gasteiger partial charge on any atom is -0.444 e. The van der Waals surface area contributed by atoms with Gasteiger partial charge in [0, 0.05) is 0 Å². The zero-order chi connectivity index (χ0) is 17.2. The van der Waals surface area contributed by atoms with Crippen molar-refractivity contribution >= 4 is 12.0 Å². The molecule has 0 fully saturated rings. The van der Waals surface area contributed by atoms with Crippen molar-refractivity contribution in [2.45, 2.75) is 58.2 Å². The van der Waals surface area contributed by atoms with E-state index in [4.69, 9.17) is 4.74 Å². The molecule has 1 aromatic rings. The molecule has 126 valence electrons. The van der Waals surface area contributed by atoms with Gasteiger partial charge in [0.25, 0.3) is 0 Å². The summed E-state index contributed by atoms with van der Waals surface area (Å²) in [5.74, 6) is -0.561. The second kappa shape index (κ2) is 6.56. The van der Waals surface area contributed by atoms with E-state index >= 15 is 0 Å². The molecular weight excluding hydrogens is 299 g/mol. The summed E-state index contributed by atoms with van der Waals surface area (Å²) in [5.41, 5.74) is 1.24. The van der Waals surface area contributed by atoms with Gasteiger partial charge in [0.1, 0.15) is 17.5 Å². The number of carbonyl (C=O) groups is 2. The van der Waals surface area contributed by atoms with Crippen LogP contribution in [0.2, 0.25) is 0 Å². The molecule has 5 nitrogen and oxygen atoms in total. The number of ether oxygens (including phenoxy) is 1. The summed E-state index contributed by atoms with van der Waals surface area (Å²) in [6.45, 7) is 6.86. The molecule has 23 heavy (non-hydrogen) atoms. The fourth-order valence-corrected chi connectivity index (χ4v) is 2.58. The molecule has 0 aliphatic heterocycles. The van der Waals surface area contributed by atoms with Crippen molar-refractivity contribution < 1.29 is 18.7 Å². The van der Waals surface area contributed by atoms with Crippen molar-refractivity contribution in [3.05, 3.63) is 35.1 Å². The Hall–Kier alpha value is -2.11. The van der Waals surface area contributed by atoms with E-state index in [1.54, 1.807) is 33.8 Å². The molecule has 2 N–H and O–H groups in total. The highest BCUT2D eigenvalue weighted by Crippen LogP contribution is 2.31. The van der Waals surface area contributed by atoms with Crippen LogP contribution < -0.4 is 10.6 Å². The fraction of sp³-hybridized carbons (Fsp3) is 0.529. The summed E-state index contributed by atoms with van der Waals surface area (Å²) in [7, 11) is 0. The molecule has 0 saturated heterocycles. The summed E-state index contributed by atoms with van der Waals surface area (Å²) in [5, 5.41) is 5.40. The van der Waals surface area contributed by atoms with Crippen molar-refractivity contribution in [2.24, 2.45) is 0 Å². The summed E-state index contributed by atoms with van der Waals surface area (Å²) in [6, 6.07) is 3.74. The summed E-state index contributed by atoms with van der Waals surface area (Å²) in [4.78, 5) is 23.9. The summed E-state index contributed by atoms with van der Waals surface area (Å²) >= 11 is 0. The average Bonchev–Trinajstić information content (AvgIpc) is 2.78. The number of hydrogen-bond donors (Lipinski definition) is 2. The average molecular weight is 322 g/mol. The molecule has 6 heteroatoms. The SMILES string of the molecule is C[C@@H](NC(=O)OC(C)(C)C)C(=O)N[C@@H]1CCc2cc(F)ccc21. The number of rotatable bonds is 3. The van der Waals surface area contributed by atoms with Crippen LogP contribution in [0.15, 0.2) is 18.2 Å². The Morgan fingerprint density at radius 1 is 1.35 bits per heavy atom. The third-order valence-electron chi connectivity index (χ3n) is 3.63. The first-order chi connectivity index (χ1) is 10.7. The highest BCUT2D eigenvalue weighted by Gasteiger charge is 2.27. The van der Waals surface area contributed by atoms with Crippen LogP contribution in [0.1, 0.15) is 51.3 Å². The Morgan fingerprint density at radius 2 is 2.04 bits per heavy atom. The smallest absolute Gasteiger partial charge is 0.408 e. The Morgan fingerprint density at radius 3 is 2.70 bits per heavy atom. The van der Waals surface area contributed by atoms with Crippen LogP contribution in [0.3, 0.4) is 0 Å². The maximum absolute atomic E-state index is 13.2. The highest BCUT2D eigenvalue weighted by molar-refractivity contribution is 5.85. The number of carbonyl (C=O) groups excluding carboxylic acids is 2. The van der Waals surface area contributed by atoms with E-state index in [2.05, 4.69) is 10.6 Å². The van der Waals surface area contributed by atoms with Gasteiger partial charge in [0.05, 0.1) is 6.04 Å². The van der Waals surface area contributed by atoms with Crippen molar-refractivity contribution in [3.63, 3.8) is 0 Å². The normalized spacial score (nSPS) is 18.0. The molecule has 1 aliphatic rings. The van der Waals surface area contributed by atoms with Gasteiger partial charge in [-0.25, -0.2) is 9.18 Å². The molecule has 2 rings (SSSR count). The van der Waals surface area contributed by atoms with Crippen LogP contribution in [-0.4, -0.2) is 23.6 Å². The van der Waals surface area contributed by atoms with Crippen LogP contribution in [0.5, 0.6) is 0 Å². The van der Waals surface area contributed by atoms with Crippen LogP contribution in [-0.2, 0) is 16.0 Å². The predicted molar refractivity (Wildman–Crippen MR) is 84.4 cm³/mol.